The van der Waals surface area contributed by atoms with Gasteiger partial charge in [-0.05, 0) is 93.0 Å². The van der Waals surface area contributed by atoms with Crippen molar-refractivity contribution >= 4 is 37.3 Å². The zero-order valence-corrected chi connectivity index (χ0v) is 36.4. The highest BCUT2D eigenvalue weighted by atomic mass is 32.2. The lowest BCUT2D eigenvalue weighted by Gasteiger charge is -2.18. The number of hydrogen-bond acceptors (Lipinski definition) is 10. The standard InChI is InChI=1S/C21H23F3N2O5S.C21H25F3N2O4S/c1-3-20(27)26-10-9-14(13-26)18-11-15(7-8-19(18)30-2)25-32(28,29)17-6-4-5-16(12-17)31-21(22,23)24;1-3-10-26-11-9-15(14-26)19-12-16(7-8-20(19)29-2)25-31(27,28)18-6-4-5-17(13-18)30-21(22,23)24/h4-8,11-12,14,25H,3,9-10,13H2,1-2H3;4-8,12-13,15,25H,3,9-11,14H2,1-2H3. The van der Waals surface area contributed by atoms with Crippen molar-refractivity contribution in [3.8, 4) is 23.0 Å². The van der Waals surface area contributed by atoms with Crippen LogP contribution in [0.3, 0.4) is 0 Å². The Morgan fingerprint density at radius 1 is 0.667 bits per heavy atom. The lowest BCUT2D eigenvalue weighted by Crippen LogP contribution is -2.27. The second-order valence-electron chi connectivity index (χ2n) is 14.6. The summed E-state index contributed by atoms with van der Waals surface area (Å²) in [7, 11) is -5.24. The maximum absolute atomic E-state index is 12.8. The summed E-state index contributed by atoms with van der Waals surface area (Å²) in [6, 6.07) is 18.1. The fourth-order valence-electron chi connectivity index (χ4n) is 7.41. The van der Waals surface area contributed by atoms with Gasteiger partial charge in [-0.3, -0.25) is 14.2 Å². The van der Waals surface area contributed by atoms with Crippen LogP contribution in [0.15, 0.2) is 94.7 Å². The van der Waals surface area contributed by atoms with Crippen molar-refractivity contribution in [2.45, 2.75) is 73.9 Å². The number of anilines is 2. The van der Waals surface area contributed by atoms with Gasteiger partial charge in [0.2, 0.25) is 5.91 Å². The number of nitrogens with zero attached hydrogens (tertiary/aromatic N) is 2. The first-order valence-corrected chi connectivity index (χ1v) is 22.7. The van der Waals surface area contributed by atoms with Crippen LogP contribution < -0.4 is 28.4 Å². The second-order valence-corrected chi connectivity index (χ2v) is 18.0. The predicted molar refractivity (Wildman–Crippen MR) is 222 cm³/mol. The molecule has 13 nitrogen and oxygen atoms in total. The number of alkyl halides is 6. The molecule has 344 valence electrons. The first-order valence-electron chi connectivity index (χ1n) is 19.8. The van der Waals surface area contributed by atoms with Gasteiger partial charge in [-0.25, -0.2) is 16.8 Å². The normalized spacial score (nSPS) is 17.1. The SMILES string of the molecule is CCC(=O)N1CCC(c2cc(NS(=O)(=O)c3cccc(OC(F)(F)F)c3)ccc2OC)C1.CCCN1CCC(c2cc(NS(=O)(=O)c3cccc(OC(F)(F)F)c3)ccc2OC)C1. The number of halogens is 6. The highest BCUT2D eigenvalue weighted by molar-refractivity contribution is 7.93. The Labute approximate surface area is 362 Å². The Bertz CT molecular complexity index is 2440. The molecule has 0 aromatic heterocycles. The smallest absolute Gasteiger partial charge is 0.496 e. The van der Waals surface area contributed by atoms with Crippen molar-refractivity contribution < 1.29 is 66.9 Å². The molecule has 0 spiro atoms. The summed E-state index contributed by atoms with van der Waals surface area (Å²) in [4.78, 5) is 15.4. The van der Waals surface area contributed by atoms with Crippen molar-refractivity contribution in [3.63, 3.8) is 0 Å². The first kappa shape index (κ1) is 48.6. The minimum absolute atomic E-state index is 0.0339. The Morgan fingerprint density at radius 2 is 1.13 bits per heavy atom. The molecule has 2 aliphatic rings. The van der Waals surface area contributed by atoms with Crippen molar-refractivity contribution in [2.24, 2.45) is 0 Å². The van der Waals surface area contributed by atoms with Crippen LogP contribution >= 0.6 is 0 Å². The van der Waals surface area contributed by atoms with Crippen LogP contribution in [0.4, 0.5) is 37.7 Å². The average Bonchev–Trinajstić information content (AvgIpc) is 3.91. The summed E-state index contributed by atoms with van der Waals surface area (Å²) in [5.41, 5.74) is 2.18. The van der Waals surface area contributed by atoms with Gasteiger partial charge in [0.05, 0.1) is 24.0 Å². The van der Waals surface area contributed by atoms with Gasteiger partial charge in [-0.15, -0.1) is 26.3 Å². The number of ether oxygens (including phenoxy) is 4. The number of methoxy groups -OCH3 is 2. The van der Waals surface area contributed by atoms with Crippen LogP contribution in [-0.2, 0) is 24.8 Å². The van der Waals surface area contributed by atoms with Crippen molar-refractivity contribution in [2.75, 3.05) is 56.4 Å². The third kappa shape index (κ3) is 13.5. The summed E-state index contributed by atoms with van der Waals surface area (Å²) >= 11 is 0. The van der Waals surface area contributed by atoms with E-state index in [1.54, 1.807) is 49.3 Å². The molecule has 4 aromatic rings. The monoisotopic (exact) mass is 930 g/mol. The molecule has 2 atom stereocenters. The molecule has 63 heavy (non-hydrogen) atoms. The maximum atomic E-state index is 12.8. The minimum Gasteiger partial charge on any atom is -0.496 e. The maximum Gasteiger partial charge on any atom is 0.573 e. The second kappa shape index (κ2) is 20.4. The first-order chi connectivity index (χ1) is 29.6. The quantitative estimate of drug-likeness (QED) is 0.111. The van der Waals surface area contributed by atoms with E-state index in [-0.39, 0.29) is 33.2 Å². The van der Waals surface area contributed by atoms with Crippen molar-refractivity contribution in [3.05, 3.63) is 96.1 Å². The lowest BCUT2D eigenvalue weighted by atomic mass is 9.97. The lowest BCUT2D eigenvalue weighted by molar-refractivity contribution is -0.275. The molecule has 4 aromatic carbocycles. The van der Waals surface area contributed by atoms with Crippen molar-refractivity contribution in [1.29, 1.82) is 0 Å². The third-order valence-electron chi connectivity index (χ3n) is 10.2. The molecular formula is C42H48F6N4O9S2. The fourth-order valence-corrected chi connectivity index (χ4v) is 9.58. The van der Waals surface area contributed by atoms with E-state index in [0.29, 0.717) is 43.1 Å². The summed E-state index contributed by atoms with van der Waals surface area (Å²) < 4.78 is 149. The predicted octanol–water partition coefficient (Wildman–Crippen LogP) is 8.71. The Balaban J connectivity index is 0.000000238. The number of rotatable bonds is 15. The van der Waals surface area contributed by atoms with E-state index < -0.39 is 44.3 Å². The number of carbonyl (C=O) groups excluding carboxylic acids is 1. The molecule has 2 unspecified atom stereocenters. The van der Waals surface area contributed by atoms with E-state index in [2.05, 4.69) is 30.7 Å². The van der Waals surface area contributed by atoms with E-state index in [9.17, 15) is 48.0 Å². The summed E-state index contributed by atoms with van der Waals surface area (Å²) in [6.07, 6.45) is -6.75. The number of sulfonamides is 2. The van der Waals surface area contributed by atoms with Gasteiger partial charge in [0.1, 0.15) is 23.0 Å². The van der Waals surface area contributed by atoms with Gasteiger partial charge in [-0.1, -0.05) is 26.0 Å². The van der Waals surface area contributed by atoms with Gasteiger partial charge in [0, 0.05) is 72.5 Å². The molecule has 2 N–H and O–H groups in total. The van der Waals surface area contributed by atoms with Crippen molar-refractivity contribution in [1.82, 2.24) is 9.80 Å². The Morgan fingerprint density at radius 3 is 1.56 bits per heavy atom. The summed E-state index contributed by atoms with van der Waals surface area (Å²) in [5.74, 6) is 0.207. The van der Waals surface area contributed by atoms with Gasteiger partial charge in [0.15, 0.2) is 0 Å². The van der Waals surface area contributed by atoms with E-state index in [4.69, 9.17) is 9.47 Å². The summed E-state index contributed by atoms with van der Waals surface area (Å²) in [5, 5.41) is 0. The van der Waals surface area contributed by atoms with E-state index in [0.717, 1.165) is 73.9 Å². The van der Waals surface area contributed by atoms with Crippen LogP contribution in [0.2, 0.25) is 0 Å². The molecule has 0 aliphatic carbocycles. The number of likely N-dealkylation sites (tertiary alicyclic amines) is 2. The number of hydrogen-bond donors (Lipinski definition) is 2. The molecule has 0 bridgehead atoms. The number of nitrogens with one attached hydrogen (secondary N) is 2. The number of amides is 1. The van der Waals surface area contributed by atoms with Crippen LogP contribution in [0.25, 0.3) is 0 Å². The number of carbonyl (C=O) groups is 1. The highest BCUT2D eigenvalue weighted by Gasteiger charge is 2.33. The van der Waals surface area contributed by atoms with Gasteiger partial charge >= 0.3 is 12.7 Å². The van der Waals surface area contributed by atoms with Gasteiger partial charge < -0.3 is 28.7 Å². The largest absolute Gasteiger partial charge is 0.573 e. The Hall–Kier alpha value is -5.41. The fraction of sp³-hybridized carbons (Fsp3) is 0.405. The zero-order valence-electron chi connectivity index (χ0n) is 34.8. The molecule has 2 aliphatic heterocycles. The van der Waals surface area contributed by atoms with Crippen LogP contribution in [-0.4, -0.2) is 92.2 Å². The van der Waals surface area contributed by atoms with Crippen LogP contribution in [0, 0.1) is 0 Å². The zero-order chi connectivity index (χ0) is 46.2. The number of benzene rings is 4. The molecule has 0 saturated carbocycles. The molecule has 6 rings (SSSR count). The molecule has 1 amide bonds. The van der Waals surface area contributed by atoms with E-state index in [1.165, 1.54) is 31.4 Å². The Kier molecular flexibility index (Phi) is 15.7. The highest BCUT2D eigenvalue weighted by Crippen LogP contribution is 2.38. The molecule has 2 heterocycles. The van der Waals surface area contributed by atoms with Crippen LogP contribution in [0.5, 0.6) is 23.0 Å². The minimum atomic E-state index is -4.94. The van der Waals surface area contributed by atoms with Crippen LogP contribution in [0.1, 0.15) is 62.5 Å². The third-order valence-corrected chi connectivity index (χ3v) is 13.0. The van der Waals surface area contributed by atoms with Gasteiger partial charge in [0.25, 0.3) is 20.0 Å². The molecule has 0 radical (unpaired) electrons. The molecule has 2 saturated heterocycles. The topological polar surface area (TPSA) is 153 Å². The molecule has 21 heteroatoms. The average molecular weight is 931 g/mol. The van der Waals surface area contributed by atoms with E-state index >= 15 is 0 Å². The van der Waals surface area contributed by atoms with Gasteiger partial charge in [-0.2, -0.15) is 0 Å². The van der Waals surface area contributed by atoms with E-state index in [1.807, 2.05) is 0 Å². The molecular weight excluding hydrogens is 883 g/mol. The summed E-state index contributed by atoms with van der Waals surface area (Å²) in [6.45, 7) is 7.83. The molecule has 2 fully saturated rings.